The van der Waals surface area contributed by atoms with Crippen molar-refractivity contribution < 1.29 is 104 Å². The summed E-state index contributed by atoms with van der Waals surface area (Å²) in [5, 5.41) is 109. The molecule has 2 aliphatic heterocycles. The van der Waals surface area contributed by atoms with E-state index >= 15 is 4.79 Å². The number of aliphatic carboxylic acids is 1. The molecular formula is C46H62N2O21S. The van der Waals surface area contributed by atoms with E-state index in [0.29, 0.717) is 0 Å². The summed E-state index contributed by atoms with van der Waals surface area (Å²) in [4.78, 5) is 94.3. The van der Waals surface area contributed by atoms with Gasteiger partial charge >= 0.3 is 17.9 Å². The van der Waals surface area contributed by atoms with Crippen molar-refractivity contribution in [1.29, 1.82) is 0 Å². The Hall–Kier alpha value is -4.44. The molecule has 1 spiro atoms. The molecule has 0 aromatic rings. The van der Waals surface area contributed by atoms with Crippen LogP contribution < -0.4 is 10.6 Å². The van der Waals surface area contributed by atoms with Gasteiger partial charge in [-0.15, -0.1) is 0 Å². The average Bonchev–Trinajstić information content (AvgIpc) is 3.55. The van der Waals surface area contributed by atoms with Gasteiger partial charge in [0.25, 0.3) is 0 Å². The Bertz CT molecular complexity index is 2120. The molecule has 6 aliphatic rings. The highest BCUT2D eigenvalue weighted by molar-refractivity contribution is 7.99. The Morgan fingerprint density at radius 3 is 2.13 bits per heavy atom. The molecule has 3 saturated carbocycles. The van der Waals surface area contributed by atoms with Gasteiger partial charge in [-0.2, -0.15) is 11.8 Å². The first-order valence-electron chi connectivity index (χ1n) is 22.8. The zero-order valence-electron chi connectivity index (χ0n) is 38.6. The highest BCUT2D eigenvalue weighted by Crippen LogP contribution is 2.62. The minimum Gasteiger partial charge on any atom is -0.478 e. The number of carboxylic acids is 1. The van der Waals surface area contributed by atoms with Crippen molar-refractivity contribution in [3.63, 3.8) is 0 Å². The molecular weight excluding hydrogens is 949 g/mol. The van der Waals surface area contributed by atoms with Gasteiger partial charge < -0.3 is 80.6 Å². The number of carbonyl (C=O) groups is 7. The van der Waals surface area contributed by atoms with E-state index in [1.165, 1.54) is 37.3 Å². The third kappa shape index (κ3) is 10.3. The van der Waals surface area contributed by atoms with Gasteiger partial charge in [0.15, 0.2) is 29.4 Å². The van der Waals surface area contributed by atoms with Gasteiger partial charge in [0.1, 0.15) is 73.1 Å². The van der Waals surface area contributed by atoms with Gasteiger partial charge in [-0.05, 0) is 24.7 Å². The molecule has 388 valence electrons. The Morgan fingerprint density at radius 1 is 0.871 bits per heavy atom. The fourth-order valence-corrected chi connectivity index (χ4v) is 12.0. The number of allylic oxidation sites excluding steroid dienone is 6. The number of hydrogen-bond acceptors (Lipinski definition) is 21. The minimum atomic E-state index is -2.42. The number of aliphatic hydroxyl groups excluding tert-OH is 9. The van der Waals surface area contributed by atoms with Gasteiger partial charge in [0.2, 0.25) is 11.8 Å². The van der Waals surface area contributed by atoms with Gasteiger partial charge in [-0.3, -0.25) is 28.8 Å². The number of ketones is 2. The first-order chi connectivity index (χ1) is 32.9. The fourth-order valence-electron chi connectivity index (χ4n) is 10.9. The second-order valence-corrected chi connectivity index (χ2v) is 20.1. The number of fused-ring (bicyclic) bond motifs is 3. The maximum Gasteiger partial charge on any atom is 0.328 e. The summed E-state index contributed by atoms with van der Waals surface area (Å²) in [6.07, 6.45) is -11.2. The maximum atomic E-state index is 15.5. The van der Waals surface area contributed by atoms with Crippen LogP contribution in [0, 0.1) is 40.4 Å². The number of thioether (sulfide) groups is 1. The van der Waals surface area contributed by atoms with Crippen molar-refractivity contribution in [3.8, 4) is 0 Å². The molecule has 4 aliphatic carbocycles. The van der Waals surface area contributed by atoms with Crippen LogP contribution >= 0.6 is 11.8 Å². The second-order valence-electron chi connectivity index (χ2n) is 19.0. The second kappa shape index (κ2) is 22.1. The summed E-state index contributed by atoms with van der Waals surface area (Å²) in [6.45, 7) is 4.75. The van der Waals surface area contributed by atoms with Crippen molar-refractivity contribution in [2.75, 3.05) is 18.1 Å². The molecule has 2 unspecified atom stereocenters. The van der Waals surface area contributed by atoms with Gasteiger partial charge in [0.05, 0.1) is 12.7 Å². The van der Waals surface area contributed by atoms with E-state index in [2.05, 4.69) is 10.6 Å². The van der Waals surface area contributed by atoms with Crippen LogP contribution in [-0.4, -0.2) is 202 Å². The average molecular weight is 1010 g/mol. The normalized spacial score (nSPS) is 43.2. The minimum absolute atomic E-state index is 0.0730. The molecule has 24 heteroatoms. The standard InChI is InChI=1S/C46H62N2O21S/c1-18-26(66-20(3)51)14-24-23(31(18)54)12-11-21-13-22(9-7-5-6-8-10-29(52)53)46(43(64)45(21,24)4)40(62)28(68-44(46)65)17-70-16-25(47-19(2)50)41(63)48-30-33(56)32(55)27(15-49)67-42(30)69-39-37(60)35(58)34(57)36(59)38(39)61/h5-12,18,21-28,30-39,42,49,54-61H,13-17H2,1-4H3,(H,47,50)(H,48,63)(H,52,53)/b6-5+,9-7+,10-8+/t18-,21-,22+,23+,24-,25+,26+,27+,28-,30+,31+,32+,33-,34?,35-,36+,37-,38+,39?,42+,45-,46+/m0/s1. The lowest BCUT2D eigenvalue weighted by Gasteiger charge is -2.58. The molecule has 5 fully saturated rings. The Balaban J connectivity index is 1.24. The van der Waals surface area contributed by atoms with Crippen molar-refractivity contribution in [2.24, 2.45) is 40.4 Å². The lowest BCUT2D eigenvalue weighted by Crippen LogP contribution is -2.69. The first kappa shape index (κ1) is 54.9. The van der Waals surface area contributed by atoms with Gasteiger partial charge in [0, 0.05) is 54.6 Å². The van der Waals surface area contributed by atoms with Crippen LogP contribution in [-0.2, 0) is 52.5 Å². The van der Waals surface area contributed by atoms with Crippen molar-refractivity contribution >= 4 is 53.1 Å². The predicted octanol–water partition coefficient (Wildman–Crippen LogP) is -4.07. The number of rotatable bonds is 15. The number of hydrogen-bond donors (Lipinski definition) is 12. The van der Waals surface area contributed by atoms with E-state index in [1.54, 1.807) is 19.9 Å². The molecule has 0 radical (unpaired) electrons. The summed E-state index contributed by atoms with van der Waals surface area (Å²) in [6, 6.07) is -3.31. The zero-order chi connectivity index (χ0) is 51.7. The summed E-state index contributed by atoms with van der Waals surface area (Å²) in [5.74, 6) is -10.6. The molecule has 22 atom stereocenters. The number of aliphatic hydroxyl groups is 9. The molecule has 0 aromatic heterocycles. The Morgan fingerprint density at radius 2 is 1.51 bits per heavy atom. The van der Waals surface area contributed by atoms with Crippen LogP contribution in [0.5, 0.6) is 0 Å². The number of ether oxygens (including phenoxy) is 4. The summed E-state index contributed by atoms with van der Waals surface area (Å²) >= 11 is 0.843. The van der Waals surface area contributed by atoms with E-state index in [4.69, 9.17) is 24.1 Å². The lowest BCUT2D eigenvalue weighted by atomic mass is 9.43. The summed E-state index contributed by atoms with van der Waals surface area (Å²) in [5.41, 5.74) is -3.89. The fraction of sp³-hybridized carbons (Fsp3) is 0.674. The molecule has 2 heterocycles. The molecule has 2 saturated heterocycles. The monoisotopic (exact) mass is 1010 g/mol. The highest BCUT2D eigenvalue weighted by atomic mass is 32.2. The van der Waals surface area contributed by atoms with Crippen molar-refractivity contribution in [2.45, 2.75) is 132 Å². The van der Waals surface area contributed by atoms with Crippen LogP contribution in [0.25, 0.3) is 0 Å². The van der Waals surface area contributed by atoms with E-state index < -0.39 is 180 Å². The number of Topliss-reactive ketones (excluding diaryl/α,β-unsaturated/α-hetero) is 2. The molecule has 12 N–H and O–H groups in total. The van der Waals surface area contributed by atoms with E-state index in [0.717, 1.165) is 24.8 Å². The number of carboxylic acid groups (broad SMARTS) is 1. The van der Waals surface area contributed by atoms with Crippen LogP contribution in [0.15, 0.2) is 48.6 Å². The smallest absolute Gasteiger partial charge is 0.328 e. The summed E-state index contributed by atoms with van der Waals surface area (Å²) < 4.78 is 22.5. The van der Waals surface area contributed by atoms with Crippen LogP contribution in [0.2, 0.25) is 0 Å². The molecule has 23 nitrogen and oxygen atoms in total. The molecule has 0 aromatic carbocycles. The van der Waals surface area contributed by atoms with Crippen molar-refractivity contribution in [1.82, 2.24) is 10.6 Å². The number of cyclic esters (lactones) is 1. The van der Waals surface area contributed by atoms with Crippen LogP contribution in [0.3, 0.4) is 0 Å². The van der Waals surface area contributed by atoms with Gasteiger partial charge in [-0.25, -0.2) is 4.79 Å². The SMILES string of the molecule is CC(=O)N[C@H](CSC[C@@H]1OC(=O)[C@]2(C1=O)C(=O)[C@@]1(C)[C@@H](C=C[C@H]3[C@H](O)[C@@H](C)[C@H](OC(C)=O)C[C@@H]31)C[C@H]2/C=C/C=C/C=C/C(=O)O)C(=O)N[C@H]1[C@@H](OC2[C@@H](O)[C@@H](O)C(O)[C@@H](O)[C@H]2O)O[C@H](CO)[C@@H](O)[C@H]1O. The third-order valence-electron chi connectivity index (χ3n) is 14.8. The van der Waals surface area contributed by atoms with Crippen LogP contribution in [0.1, 0.15) is 40.5 Å². The highest BCUT2D eigenvalue weighted by Gasteiger charge is 2.74. The largest absolute Gasteiger partial charge is 0.478 e. The van der Waals surface area contributed by atoms with E-state index in [-0.39, 0.29) is 24.3 Å². The van der Waals surface area contributed by atoms with Gasteiger partial charge in [-0.1, -0.05) is 56.4 Å². The van der Waals surface area contributed by atoms with Crippen molar-refractivity contribution in [3.05, 3.63) is 48.6 Å². The number of carbonyl (C=O) groups excluding carboxylic acids is 6. The quantitative estimate of drug-likeness (QED) is 0.0244. The predicted molar refractivity (Wildman–Crippen MR) is 238 cm³/mol. The lowest BCUT2D eigenvalue weighted by molar-refractivity contribution is -0.319. The summed E-state index contributed by atoms with van der Waals surface area (Å²) in [7, 11) is 0. The molecule has 6 rings (SSSR count). The first-order valence-corrected chi connectivity index (χ1v) is 24.0. The molecule has 70 heavy (non-hydrogen) atoms. The Labute approximate surface area is 405 Å². The van der Waals surface area contributed by atoms with E-state index in [9.17, 15) is 74.7 Å². The molecule has 0 bridgehead atoms. The zero-order valence-corrected chi connectivity index (χ0v) is 39.4. The molecule has 2 amide bonds. The van der Waals surface area contributed by atoms with E-state index in [1.807, 2.05) is 6.08 Å². The maximum absolute atomic E-state index is 15.5. The number of esters is 2. The number of amides is 2. The third-order valence-corrected chi connectivity index (χ3v) is 15.9. The number of nitrogens with one attached hydrogen (secondary N) is 2. The van der Waals surface area contributed by atoms with Crippen LogP contribution in [0.4, 0.5) is 0 Å². The topological polar surface area (TPSA) is 383 Å². The Kier molecular flexibility index (Phi) is 17.4.